The number of fused-ring (bicyclic) bond motifs is 16. The van der Waals surface area contributed by atoms with Crippen molar-refractivity contribution in [2.45, 2.75) is 208 Å². The molecule has 0 saturated heterocycles. The quantitative estimate of drug-likeness (QED) is 0.0420. The molecule has 0 spiro atoms. The molecule has 1 aliphatic carbocycles. The van der Waals surface area contributed by atoms with E-state index < -0.39 is 66.5 Å². The predicted octanol–water partition coefficient (Wildman–Crippen LogP) is 20.1. The van der Waals surface area contributed by atoms with Gasteiger partial charge < -0.3 is 76.3 Å². The SMILES string of the molecule is C[Si](C)(C)Oc1cc2c(O)c(c1)Cc1cc(O[Si](C)(C)C)cc(c1O)Cc1cc(O[Si](C)(C)C)cc(c1O)Cc1cc(O[Si](C)(C)C)cc(c1O)Cc1cc(O[Si](C)(C)C)cc(c1O)Cc1cc(O[Si](C)(C)C)cc(c1O)Cc1cc(O[Si](C)(C)C)cc(c1O)Cc1cc(O[Si](C)(C)C)cc(c1O)C2. The van der Waals surface area contributed by atoms with E-state index in [1.54, 1.807) is 97.1 Å². The molecule has 104 heavy (non-hydrogen) atoms. The molecule has 8 aromatic carbocycles. The van der Waals surface area contributed by atoms with E-state index >= 15 is 0 Å². The zero-order valence-corrected chi connectivity index (χ0v) is 73.7. The number of hydrogen-bond acceptors (Lipinski definition) is 16. The van der Waals surface area contributed by atoms with E-state index in [4.69, 9.17) is 35.4 Å². The first kappa shape index (κ1) is 80.4. The van der Waals surface area contributed by atoms with Crippen LogP contribution in [-0.2, 0) is 51.4 Å². The number of benzene rings is 8. The molecule has 24 heteroatoms. The Balaban J connectivity index is 1.35. The second kappa shape index (κ2) is 29.9. The average molecular weight is 1550 g/mol. The number of aromatic hydroxyl groups is 8. The normalized spacial score (nSPS) is 13.8. The predicted molar refractivity (Wildman–Crippen MR) is 439 cm³/mol. The first-order valence-electron chi connectivity index (χ1n) is 35.9. The molecule has 0 radical (unpaired) electrons. The molecule has 0 aliphatic heterocycles. The van der Waals surface area contributed by atoms with Crippen molar-refractivity contribution in [2.75, 3.05) is 0 Å². The van der Waals surface area contributed by atoms with E-state index in [0.29, 0.717) is 135 Å². The number of phenols is 8. The van der Waals surface area contributed by atoms with Gasteiger partial charge in [-0.25, -0.2) is 0 Å². The molecule has 0 unspecified atom stereocenters. The summed E-state index contributed by atoms with van der Waals surface area (Å²) in [5.41, 5.74) is 7.01. The van der Waals surface area contributed by atoms with Gasteiger partial charge in [0.2, 0.25) is 66.5 Å². The zero-order chi connectivity index (χ0) is 77.1. The van der Waals surface area contributed by atoms with Gasteiger partial charge in [-0.2, -0.15) is 0 Å². The van der Waals surface area contributed by atoms with Crippen LogP contribution in [0.1, 0.15) is 89.0 Å². The fourth-order valence-corrected chi connectivity index (χ4v) is 19.5. The first-order chi connectivity index (χ1) is 47.6. The molecule has 9 rings (SSSR count). The largest absolute Gasteiger partial charge is 0.544 e. The second-order valence-electron chi connectivity index (χ2n) is 35.9. The van der Waals surface area contributed by atoms with Gasteiger partial charge in [-0.05, 0) is 254 Å². The molecule has 0 fully saturated rings. The Morgan fingerprint density at radius 2 is 0.221 bits per heavy atom. The van der Waals surface area contributed by atoms with Gasteiger partial charge in [0.25, 0.3) is 0 Å². The molecule has 8 N–H and O–H groups in total. The van der Waals surface area contributed by atoms with Crippen molar-refractivity contribution in [1.29, 1.82) is 0 Å². The summed E-state index contributed by atoms with van der Waals surface area (Å²) in [6.07, 6.45) is 0.0620. The molecule has 0 heterocycles. The van der Waals surface area contributed by atoms with Crippen LogP contribution in [0, 0.1) is 0 Å². The number of hydrogen-bond donors (Lipinski definition) is 8. The minimum atomic E-state index is -2.34. The Bertz CT molecular complexity index is 3490. The molecule has 560 valence electrons. The highest BCUT2D eigenvalue weighted by Crippen LogP contribution is 2.47. The molecule has 1 aliphatic rings. The fourth-order valence-electron chi connectivity index (χ4n) is 12.9. The smallest absolute Gasteiger partial charge is 0.242 e. The van der Waals surface area contributed by atoms with Crippen molar-refractivity contribution >= 4 is 66.5 Å². The van der Waals surface area contributed by atoms with E-state index in [1.807, 2.05) is 0 Å². The minimum absolute atomic E-state index is 0.00775. The lowest BCUT2D eigenvalue weighted by Crippen LogP contribution is -2.29. The molecule has 0 aromatic heterocycles. The van der Waals surface area contributed by atoms with Crippen molar-refractivity contribution in [3.05, 3.63) is 186 Å². The summed E-state index contributed by atoms with van der Waals surface area (Å²) in [5, 5.41) is 103. The maximum Gasteiger partial charge on any atom is 0.242 e. The monoisotopic (exact) mass is 1550 g/mol. The van der Waals surface area contributed by atoms with Crippen LogP contribution in [0.4, 0.5) is 0 Å². The van der Waals surface area contributed by atoms with Crippen LogP contribution < -0.4 is 35.4 Å². The Kier molecular flexibility index (Phi) is 23.1. The van der Waals surface area contributed by atoms with Gasteiger partial charge in [-0.1, -0.05) is 0 Å². The number of rotatable bonds is 16. The standard InChI is InChI=1S/C80H112O16Si8/c1-97(2,3)89-65-33-49-25-51-35-66(90-98(4,5)6)37-53(74(51)82)27-55-39-68(92-100(10,11)12)41-57(76(55)84)29-59-43-70(94-102(16,17)18)45-61(78(59)86)31-63-47-72(96-104(22,23)24)48-64(80(63)88)32-62-46-71(95-103(19,20)21)44-60(79(62)87)30-58-42-69(93-101(13,14)15)40-56(77(58)85)28-54-38-67(91-99(7,8)9)36-52(75(54)83)26-50(34-65)73(49)81/h33-48,81-88H,25-32H2,1-24H3. The summed E-state index contributed by atoms with van der Waals surface area (Å²) < 4.78 is 54.1. The highest BCUT2D eigenvalue weighted by Gasteiger charge is 2.31. The highest BCUT2D eigenvalue weighted by molar-refractivity contribution is 6.73. The average Bonchev–Trinajstić information content (AvgIpc) is 0.790. The van der Waals surface area contributed by atoms with Crippen molar-refractivity contribution in [3.63, 3.8) is 0 Å². The van der Waals surface area contributed by atoms with Gasteiger partial charge in [-0.15, -0.1) is 0 Å². The summed E-state index contributed by atoms with van der Waals surface area (Å²) in [6, 6.07) is 28.8. The molecule has 8 aromatic rings. The van der Waals surface area contributed by atoms with E-state index in [2.05, 4.69) is 157 Å². The third-order valence-corrected chi connectivity index (χ3v) is 23.2. The second-order valence-corrected chi connectivity index (χ2v) is 71.3. The Morgan fingerprint density at radius 3 is 0.279 bits per heavy atom. The number of phenolic OH excluding ortho intramolecular Hbond substituents is 8. The summed E-state index contributed by atoms with van der Waals surface area (Å²) in [5.74, 6) is 3.40. The van der Waals surface area contributed by atoms with Gasteiger partial charge in [-0.3, -0.25) is 0 Å². The van der Waals surface area contributed by atoms with Gasteiger partial charge in [0.05, 0.1) is 0 Å². The lowest BCUT2D eigenvalue weighted by molar-refractivity contribution is 0.447. The van der Waals surface area contributed by atoms with Crippen LogP contribution in [0.15, 0.2) is 97.1 Å². The highest BCUT2D eigenvalue weighted by atomic mass is 28.4. The molecule has 0 amide bonds. The molecule has 16 nitrogen and oxygen atoms in total. The van der Waals surface area contributed by atoms with Crippen LogP contribution in [0.2, 0.25) is 157 Å². The van der Waals surface area contributed by atoms with Crippen molar-refractivity contribution in [3.8, 4) is 92.0 Å². The lowest BCUT2D eigenvalue weighted by atomic mass is 9.91. The van der Waals surface area contributed by atoms with Crippen LogP contribution in [0.25, 0.3) is 0 Å². The Morgan fingerprint density at radius 1 is 0.154 bits per heavy atom. The van der Waals surface area contributed by atoms with Crippen molar-refractivity contribution in [1.82, 2.24) is 0 Å². The maximum absolute atomic E-state index is 12.8. The van der Waals surface area contributed by atoms with Gasteiger partial charge in [0.15, 0.2) is 0 Å². The van der Waals surface area contributed by atoms with Crippen LogP contribution in [-0.4, -0.2) is 107 Å². The molecular weight excluding hydrogens is 1440 g/mol. The molecular formula is C80H112O16Si8. The maximum atomic E-state index is 12.8. The topological polar surface area (TPSA) is 236 Å². The fraction of sp³-hybridized carbons (Fsp3) is 0.400. The van der Waals surface area contributed by atoms with E-state index in [1.165, 1.54) is 0 Å². The van der Waals surface area contributed by atoms with Crippen LogP contribution in [0.3, 0.4) is 0 Å². The third-order valence-electron chi connectivity index (χ3n) is 16.4. The lowest BCUT2D eigenvalue weighted by Gasteiger charge is -2.25. The van der Waals surface area contributed by atoms with Crippen molar-refractivity contribution in [2.24, 2.45) is 0 Å². The summed E-state index contributed by atoms with van der Waals surface area (Å²) >= 11 is 0. The summed E-state index contributed by atoms with van der Waals surface area (Å²) in [6.45, 7) is 49.7. The first-order valence-corrected chi connectivity index (χ1v) is 63.2. The third kappa shape index (κ3) is 22.2. The summed E-state index contributed by atoms with van der Waals surface area (Å²) in [7, 11) is -18.7. The summed E-state index contributed by atoms with van der Waals surface area (Å²) in [4.78, 5) is 0. The molecule has 16 bridgehead atoms. The Labute approximate surface area is 625 Å². The van der Waals surface area contributed by atoms with Crippen molar-refractivity contribution < 1.29 is 76.3 Å². The zero-order valence-electron chi connectivity index (χ0n) is 65.7. The van der Waals surface area contributed by atoms with Gasteiger partial charge in [0.1, 0.15) is 92.0 Å². The molecule has 0 saturated carbocycles. The molecule has 0 atom stereocenters. The van der Waals surface area contributed by atoms with Crippen LogP contribution in [0.5, 0.6) is 92.0 Å². The minimum Gasteiger partial charge on any atom is -0.544 e. The van der Waals surface area contributed by atoms with Gasteiger partial charge >= 0.3 is 0 Å². The van der Waals surface area contributed by atoms with E-state index in [9.17, 15) is 40.9 Å². The van der Waals surface area contributed by atoms with E-state index in [0.717, 1.165) is 0 Å². The van der Waals surface area contributed by atoms with Gasteiger partial charge in [0, 0.05) is 140 Å². The Hall–Kier alpha value is -7.70. The van der Waals surface area contributed by atoms with Crippen LogP contribution >= 0.6 is 0 Å². The van der Waals surface area contributed by atoms with E-state index in [-0.39, 0.29) is 97.4 Å².